The second-order valence-corrected chi connectivity index (χ2v) is 8.19. The lowest BCUT2D eigenvalue weighted by molar-refractivity contribution is 0.0528. The molecule has 1 fully saturated rings. The summed E-state index contributed by atoms with van der Waals surface area (Å²) in [6, 6.07) is 12.3. The molecule has 1 saturated carbocycles. The van der Waals surface area contributed by atoms with Crippen LogP contribution >= 0.6 is 23.6 Å². The van der Waals surface area contributed by atoms with Crippen LogP contribution in [0.25, 0.3) is 10.4 Å². The van der Waals surface area contributed by atoms with Crippen molar-refractivity contribution in [2.24, 2.45) is 0 Å². The fourth-order valence-electron chi connectivity index (χ4n) is 3.34. The fourth-order valence-corrected chi connectivity index (χ4v) is 4.73. The number of anilines is 1. The van der Waals surface area contributed by atoms with Gasteiger partial charge in [0, 0.05) is 10.9 Å². The Morgan fingerprint density at radius 3 is 2.56 bits per heavy atom. The molecule has 0 spiro atoms. The molecule has 0 atom stereocenters. The average molecular weight is 403 g/mol. The third-order valence-electron chi connectivity index (χ3n) is 4.70. The van der Waals surface area contributed by atoms with Crippen LogP contribution in [0.1, 0.15) is 55.8 Å². The van der Waals surface area contributed by atoms with Crippen molar-refractivity contribution < 1.29 is 9.53 Å². The summed E-state index contributed by atoms with van der Waals surface area (Å²) in [7, 11) is 0. The topological polar surface area (TPSA) is 50.4 Å². The highest BCUT2D eigenvalue weighted by Crippen LogP contribution is 2.36. The Kier molecular flexibility index (Phi) is 7.24. The maximum atomic E-state index is 12.4. The van der Waals surface area contributed by atoms with Gasteiger partial charge in [-0.15, -0.1) is 11.3 Å². The first-order chi connectivity index (χ1) is 13.2. The van der Waals surface area contributed by atoms with E-state index < -0.39 is 0 Å². The molecular weight excluding hydrogens is 376 g/mol. The van der Waals surface area contributed by atoms with Crippen LogP contribution in [0.4, 0.5) is 5.00 Å². The van der Waals surface area contributed by atoms with E-state index in [1.807, 2.05) is 43.3 Å². The first-order valence-corrected chi connectivity index (χ1v) is 10.8. The van der Waals surface area contributed by atoms with Gasteiger partial charge in [-0.1, -0.05) is 56.0 Å². The van der Waals surface area contributed by atoms with Crippen molar-refractivity contribution in [2.45, 2.75) is 51.5 Å². The van der Waals surface area contributed by atoms with E-state index in [0.717, 1.165) is 28.3 Å². The third-order valence-corrected chi connectivity index (χ3v) is 6.02. The number of thiocarbonyl (C=S) groups is 1. The minimum absolute atomic E-state index is 0.323. The molecule has 0 radical (unpaired) electrons. The molecule has 0 saturated heterocycles. The lowest BCUT2D eigenvalue weighted by Crippen LogP contribution is -2.37. The summed E-state index contributed by atoms with van der Waals surface area (Å²) in [4.78, 5) is 13.4. The molecule has 1 aromatic heterocycles. The third kappa shape index (κ3) is 5.53. The Morgan fingerprint density at radius 1 is 1.19 bits per heavy atom. The Bertz CT molecular complexity index is 766. The second kappa shape index (κ2) is 9.85. The Balaban J connectivity index is 1.76. The van der Waals surface area contributed by atoms with Crippen LogP contribution in [0.2, 0.25) is 0 Å². The predicted molar refractivity (Wildman–Crippen MR) is 117 cm³/mol. The van der Waals surface area contributed by atoms with E-state index >= 15 is 0 Å². The van der Waals surface area contributed by atoms with Crippen LogP contribution in [0.3, 0.4) is 0 Å². The van der Waals surface area contributed by atoms with Gasteiger partial charge < -0.3 is 15.4 Å². The zero-order valence-electron chi connectivity index (χ0n) is 15.6. The number of hydrogen-bond acceptors (Lipinski definition) is 4. The Morgan fingerprint density at radius 2 is 1.89 bits per heavy atom. The van der Waals surface area contributed by atoms with Gasteiger partial charge in [0.2, 0.25) is 0 Å². The van der Waals surface area contributed by atoms with Crippen LogP contribution in [0.5, 0.6) is 0 Å². The standard InChI is InChI=1S/C21H26N2O2S2/c1-2-25-20(24)17-14-18(15-10-6-5-7-11-15)27-19(17)23-21(26)22-16-12-8-3-4-9-13-16/h5-7,10-11,14,16H,2-4,8-9,12-13H2,1H3,(H2,22,23,26). The summed E-state index contributed by atoms with van der Waals surface area (Å²) in [6.07, 6.45) is 7.38. The number of carbonyl (C=O) groups is 1. The number of esters is 1. The first-order valence-electron chi connectivity index (χ1n) is 9.61. The van der Waals surface area contributed by atoms with Crippen molar-refractivity contribution in [3.05, 3.63) is 42.0 Å². The van der Waals surface area contributed by atoms with Gasteiger partial charge in [-0.2, -0.15) is 0 Å². The van der Waals surface area contributed by atoms with E-state index in [0.29, 0.717) is 23.3 Å². The minimum Gasteiger partial charge on any atom is -0.462 e. The highest BCUT2D eigenvalue weighted by Gasteiger charge is 2.20. The molecule has 6 heteroatoms. The molecule has 2 N–H and O–H groups in total. The predicted octanol–water partition coefficient (Wildman–Crippen LogP) is 5.60. The molecule has 1 aromatic carbocycles. The number of benzene rings is 1. The average Bonchev–Trinajstić information content (AvgIpc) is 2.91. The molecule has 0 aliphatic heterocycles. The van der Waals surface area contributed by atoms with Crippen LogP contribution in [0, 0.1) is 0 Å². The van der Waals surface area contributed by atoms with E-state index in [-0.39, 0.29) is 5.97 Å². The molecule has 27 heavy (non-hydrogen) atoms. The molecule has 3 rings (SSSR count). The molecule has 1 heterocycles. The number of thiophene rings is 1. The lowest BCUT2D eigenvalue weighted by atomic mass is 10.1. The molecule has 2 aromatic rings. The Labute approximate surface area is 170 Å². The largest absolute Gasteiger partial charge is 0.462 e. The molecule has 0 unspecified atom stereocenters. The second-order valence-electron chi connectivity index (χ2n) is 6.73. The number of ether oxygens (including phenoxy) is 1. The quantitative estimate of drug-likeness (QED) is 0.387. The fraction of sp³-hybridized carbons (Fsp3) is 0.429. The smallest absolute Gasteiger partial charge is 0.341 e. The normalized spacial score (nSPS) is 15.0. The molecule has 4 nitrogen and oxygen atoms in total. The molecule has 144 valence electrons. The summed E-state index contributed by atoms with van der Waals surface area (Å²) in [5.74, 6) is -0.323. The first kappa shape index (κ1) is 19.8. The minimum atomic E-state index is -0.323. The van der Waals surface area contributed by atoms with Gasteiger partial charge >= 0.3 is 5.97 Å². The molecule has 1 aliphatic carbocycles. The van der Waals surface area contributed by atoms with E-state index in [1.165, 1.54) is 37.0 Å². The van der Waals surface area contributed by atoms with Gasteiger partial charge in [0.05, 0.1) is 12.2 Å². The van der Waals surface area contributed by atoms with Crippen LogP contribution < -0.4 is 10.6 Å². The van der Waals surface area contributed by atoms with Gasteiger partial charge in [0.15, 0.2) is 5.11 Å². The lowest BCUT2D eigenvalue weighted by Gasteiger charge is -2.18. The van der Waals surface area contributed by atoms with Crippen LogP contribution in [0.15, 0.2) is 36.4 Å². The van der Waals surface area contributed by atoms with Crippen molar-refractivity contribution in [3.63, 3.8) is 0 Å². The Hall–Kier alpha value is -1.92. The molecule has 1 aliphatic rings. The van der Waals surface area contributed by atoms with E-state index in [9.17, 15) is 4.79 Å². The maximum absolute atomic E-state index is 12.4. The van der Waals surface area contributed by atoms with Gasteiger partial charge in [0.1, 0.15) is 5.00 Å². The SMILES string of the molecule is CCOC(=O)c1cc(-c2ccccc2)sc1NC(=S)NC1CCCCCC1. The van der Waals surface area contributed by atoms with Crippen molar-refractivity contribution in [3.8, 4) is 10.4 Å². The molecule has 0 bridgehead atoms. The summed E-state index contributed by atoms with van der Waals surface area (Å²) in [5, 5.41) is 7.99. The highest BCUT2D eigenvalue weighted by molar-refractivity contribution is 7.80. The maximum Gasteiger partial charge on any atom is 0.341 e. The monoisotopic (exact) mass is 402 g/mol. The van der Waals surface area contributed by atoms with Gasteiger partial charge in [-0.3, -0.25) is 0 Å². The van der Waals surface area contributed by atoms with Gasteiger partial charge in [-0.05, 0) is 43.6 Å². The van der Waals surface area contributed by atoms with E-state index in [4.69, 9.17) is 17.0 Å². The number of carbonyl (C=O) groups excluding carboxylic acids is 1. The number of hydrogen-bond donors (Lipinski definition) is 2. The summed E-state index contributed by atoms with van der Waals surface area (Å²) >= 11 is 7.05. The summed E-state index contributed by atoms with van der Waals surface area (Å²) in [6.45, 7) is 2.16. The van der Waals surface area contributed by atoms with Crippen LogP contribution in [-0.2, 0) is 4.74 Å². The van der Waals surface area contributed by atoms with Crippen molar-refractivity contribution in [2.75, 3.05) is 11.9 Å². The molecule has 0 amide bonds. The van der Waals surface area contributed by atoms with Gasteiger partial charge in [-0.25, -0.2) is 4.79 Å². The van der Waals surface area contributed by atoms with E-state index in [2.05, 4.69) is 10.6 Å². The zero-order chi connectivity index (χ0) is 19.1. The van der Waals surface area contributed by atoms with Crippen molar-refractivity contribution in [1.29, 1.82) is 0 Å². The molecular formula is C21H26N2O2S2. The summed E-state index contributed by atoms with van der Waals surface area (Å²) in [5.41, 5.74) is 1.61. The number of rotatable bonds is 5. The highest BCUT2D eigenvalue weighted by atomic mass is 32.1. The number of nitrogens with one attached hydrogen (secondary N) is 2. The van der Waals surface area contributed by atoms with E-state index in [1.54, 1.807) is 0 Å². The van der Waals surface area contributed by atoms with Crippen molar-refractivity contribution in [1.82, 2.24) is 5.32 Å². The van der Waals surface area contributed by atoms with Crippen molar-refractivity contribution >= 4 is 39.6 Å². The van der Waals surface area contributed by atoms with Crippen LogP contribution in [-0.4, -0.2) is 23.7 Å². The van der Waals surface area contributed by atoms with Gasteiger partial charge in [0.25, 0.3) is 0 Å². The summed E-state index contributed by atoms with van der Waals surface area (Å²) < 4.78 is 5.23. The zero-order valence-corrected chi connectivity index (χ0v) is 17.3.